The molecule has 1 amide bonds. The van der Waals surface area contributed by atoms with Crippen LogP contribution in [0.3, 0.4) is 0 Å². The van der Waals surface area contributed by atoms with Crippen LogP contribution in [0.2, 0.25) is 0 Å². The maximum atomic E-state index is 15.0. The number of carbonyl (C=O) groups is 1. The summed E-state index contributed by atoms with van der Waals surface area (Å²) in [7, 11) is 3.25. The van der Waals surface area contributed by atoms with E-state index in [0.29, 0.717) is 33.7 Å². The number of carbonyl (C=O) groups excluding carboxylic acids is 1. The highest BCUT2D eigenvalue weighted by molar-refractivity contribution is 6.06. The van der Waals surface area contributed by atoms with E-state index in [2.05, 4.69) is 36.0 Å². The maximum Gasteiger partial charge on any atom is 0.256 e. The molecule has 0 radical (unpaired) electrons. The van der Waals surface area contributed by atoms with Crippen LogP contribution in [0.1, 0.15) is 19.3 Å². The number of halogens is 2. The van der Waals surface area contributed by atoms with Gasteiger partial charge in [0.1, 0.15) is 17.6 Å². The molecule has 2 aliphatic rings. The molecule has 6 rings (SSSR count). The molecule has 2 fully saturated rings. The van der Waals surface area contributed by atoms with E-state index in [1.807, 2.05) is 11.0 Å². The fraction of sp³-hybridized carbons (Fsp3) is 0.407. The average Bonchev–Trinajstić information content (AvgIpc) is 3.67. The van der Waals surface area contributed by atoms with Gasteiger partial charge in [0.05, 0.1) is 36.7 Å². The molecule has 2 saturated heterocycles. The first-order valence-electron chi connectivity index (χ1n) is 13.3. The number of ether oxygens (including phenoxy) is 1. The summed E-state index contributed by atoms with van der Waals surface area (Å²) in [6.45, 7) is 2.00. The van der Waals surface area contributed by atoms with Gasteiger partial charge in [0.15, 0.2) is 5.82 Å². The number of benzene rings is 1. The van der Waals surface area contributed by atoms with E-state index in [0.717, 1.165) is 32.1 Å². The van der Waals surface area contributed by atoms with Crippen LogP contribution in [0, 0.1) is 5.82 Å². The lowest BCUT2D eigenvalue weighted by molar-refractivity contribution is -0.121. The van der Waals surface area contributed by atoms with E-state index in [4.69, 9.17) is 4.74 Å². The van der Waals surface area contributed by atoms with E-state index in [-0.39, 0.29) is 36.6 Å². The quantitative estimate of drug-likeness (QED) is 0.276. The molecule has 1 aromatic carbocycles. The summed E-state index contributed by atoms with van der Waals surface area (Å²) in [5.41, 5.74) is 2.29. The van der Waals surface area contributed by atoms with Gasteiger partial charge in [0, 0.05) is 43.2 Å². The predicted octanol–water partition coefficient (Wildman–Crippen LogP) is 3.35. The van der Waals surface area contributed by atoms with Gasteiger partial charge in [-0.1, -0.05) is 12.1 Å². The van der Waals surface area contributed by atoms with Gasteiger partial charge < -0.3 is 25.7 Å². The van der Waals surface area contributed by atoms with Crippen molar-refractivity contribution in [2.24, 2.45) is 7.05 Å². The molecule has 1 unspecified atom stereocenters. The van der Waals surface area contributed by atoms with Crippen molar-refractivity contribution in [2.75, 3.05) is 37.4 Å². The Labute approximate surface area is 229 Å². The van der Waals surface area contributed by atoms with Crippen LogP contribution >= 0.6 is 0 Å². The summed E-state index contributed by atoms with van der Waals surface area (Å²) < 4.78 is 36.3. The molecule has 4 N–H and O–H groups in total. The summed E-state index contributed by atoms with van der Waals surface area (Å²) in [6.07, 6.45) is 5.37. The number of aromatic nitrogens is 5. The number of piperidine rings is 1. The van der Waals surface area contributed by atoms with Crippen molar-refractivity contribution in [3.05, 3.63) is 42.6 Å². The van der Waals surface area contributed by atoms with Crippen LogP contribution in [0.15, 0.2) is 36.8 Å². The molecule has 4 aromatic rings. The highest BCUT2D eigenvalue weighted by Gasteiger charge is 2.41. The largest absolute Gasteiger partial charge is 0.478 e. The number of aryl methyl sites for hydroxylation is 1. The monoisotopic (exact) mass is 551 g/mol. The Morgan fingerprint density at radius 2 is 2.05 bits per heavy atom. The number of amides is 1. The van der Waals surface area contributed by atoms with Gasteiger partial charge >= 0.3 is 0 Å². The lowest BCUT2D eigenvalue weighted by Gasteiger charge is -2.34. The molecule has 0 bridgehead atoms. The fourth-order valence-electron chi connectivity index (χ4n) is 5.72. The Bertz CT molecular complexity index is 1530. The number of alkyl halides is 1. The minimum atomic E-state index is -1.03. The number of aromatic amines is 1. The predicted molar refractivity (Wildman–Crippen MR) is 147 cm³/mol. The van der Waals surface area contributed by atoms with Crippen molar-refractivity contribution >= 4 is 34.1 Å². The number of H-pyrrole nitrogens is 1. The number of para-hydroxylation sites is 1. The standard InChI is InChI=1S/C27H31F2N9O2/c1-37-14-21(26(36-37)40-2)34-27-32-12-19(29)23(35-27)18-11-31-24-17(18)4-3-5-20(24)33-25(39)22-10-15(28)13-38(22)16-6-8-30-9-7-16/h3-5,11-12,14-16,22,30-31H,6-10,13H2,1-2H3,(H,33,39)(H,32,34,35)/t15-,22?/m0/s1. The summed E-state index contributed by atoms with van der Waals surface area (Å²) in [5, 5.41) is 14.2. The highest BCUT2D eigenvalue weighted by atomic mass is 19.1. The van der Waals surface area contributed by atoms with Crippen LogP contribution in [-0.4, -0.2) is 80.5 Å². The lowest BCUT2D eigenvalue weighted by atomic mass is 10.0. The summed E-state index contributed by atoms with van der Waals surface area (Å²) in [6, 6.07) is 5.02. The number of nitrogens with zero attached hydrogens (tertiary/aromatic N) is 5. The van der Waals surface area contributed by atoms with Crippen molar-refractivity contribution in [3.63, 3.8) is 0 Å². The van der Waals surface area contributed by atoms with Gasteiger partial charge in [-0.25, -0.2) is 18.7 Å². The van der Waals surface area contributed by atoms with E-state index in [1.165, 1.54) is 7.11 Å². The SMILES string of the molecule is COc1nn(C)cc1Nc1ncc(F)c(-c2c[nH]c3c(NC(=O)C4C[C@H](F)CN4C4CCNCC4)cccc23)n1. The number of likely N-dealkylation sites (tertiary alicyclic amines) is 1. The Morgan fingerprint density at radius 1 is 1.23 bits per heavy atom. The first kappa shape index (κ1) is 26.1. The third kappa shape index (κ3) is 4.97. The maximum absolute atomic E-state index is 15.0. The fourth-order valence-corrected chi connectivity index (χ4v) is 5.72. The third-order valence-electron chi connectivity index (χ3n) is 7.58. The second-order valence-electron chi connectivity index (χ2n) is 10.2. The van der Waals surface area contributed by atoms with Gasteiger partial charge in [-0.3, -0.25) is 14.4 Å². The van der Waals surface area contributed by atoms with E-state index in [1.54, 1.807) is 36.3 Å². The third-order valence-corrected chi connectivity index (χ3v) is 7.58. The molecular weight excluding hydrogens is 520 g/mol. The van der Waals surface area contributed by atoms with Gasteiger partial charge in [-0.15, -0.1) is 5.10 Å². The van der Waals surface area contributed by atoms with Crippen LogP contribution in [0.4, 0.5) is 26.1 Å². The molecule has 0 spiro atoms. The normalized spacial score (nSPS) is 20.2. The van der Waals surface area contributed by atoms with Crippen LogP contribution in [-0.2, 0) is 11.8 Å². The minimum Gasteiger partial charge on any atom is -0.478 e. The molecule has 2 atom stereocenters. The van der Waals surface area contributed by atoms with Crippen LogP contribution in [0.25, 0.3) is 22.2 Å². The van der Waals surface area contributed by atoms with Crippen molar-refractivity contribution < 1.29 is 18.3 Å². The zero-order chi connectivity index (χ0) is 27.8. The molecule has 3 aromatic heterocycles. The number of nitrogens with one attached hydrogen (secondary N) is 4. The Hall–Kier alpha value is -4.10. The molecule has 0 aliphatic carbocycles. The second-order valence-corrected chi connectivity index (χ2v) is 10.2. The number of rotatable bonds is 7. The topological polar surface area (TPSA) is 125 Å². The smallest absolute Gasteiger partial charge is 0.256 e. The number of methoxy groups -OCH3 is 1. The van der Waals surface area contributed by atoms with Crippen molar-refractivity contribution in [2.45, 2.75) is 37.5 Å². The summed E-state index contributed by atoms with van der Waals surface area (Å²) >= 11 is 0. The molecule has 2 aliphatic heterocycles. The Kier molecular flexibility index (Phi) is 7.07. The zero-order valence-electron chi connectivity index (χ0n) is 22.2. The molecule has 40 heavy (non-hydrogen) atoms. The molecule has 210 valence electrons. The Morgan fingerprint density at radius 3 is 2.85 bits per heavy atom. The van der Waals surface area contributed by atoms with E-state index in [9.17, 15) is 13.6 Å². The number of hydrogen-bond donors (Lipinski definition) is 4. The number of anilines is 3. The number of hydrogen-bond acceptors (Lipinski definition) is 8. The van der Waals surface area contributed by atoms with Gasteiger partial charge in [0.2, 0.25) is 11.9 Å². The van der Waals surface area contributed by atoms with Gasteiger partial charge in [0.25, 0.3) is 5.88 Å². The van der Waals surface area contributed by atoms with E-state index >= 15 is 0 Å². The minimum absolute atomic E-state index is 0.0863. The number of fused-ring (bicyclic) bond motifs is 1. The van der Waals surface area contributed by atoms with Crippen molar-refractivity contribution in [1.29, 1.82) is 0 Å². The summed E-state index contributed by atoms with van der Waals surface area (Å²) in [4.78, 5) is 27.1. The average molecular weight is 552 g/mol. The van der Waals surface area contributed by atoms with Gasteiger partial charge in [-0.05, 0) is 32.0 Å². The van der Waals surface area contributed by atoms with Crippen molar-refractivity contribution in [3.8, 4) is 17.1 Å². The lowest BCUT2D eigenvalue weighted by Crippen LogP contribution is -2.49. The highest BCUT2D eigenvalue weighted by Crippen LogP contribution is 2.35. The molecule has 5 heterocycles. The molecule has 13 heteroatoms. The first-order valence-corrected chi connectivity index (χ1v) is 13.3. The van der Waals surface area contributed by atoms with E-state index < -0.39 is 18.0 Å². The summed E-state index contributed by atoms with van der Waals surface area (Å²) in [5.74, 6) is -0.324. The van der Waals surface area contributed by atoms with Crippen molar-refractivity contribution in [1.82, 2.24) is 34.9 Å². The molecule has 11 nitrogen and oxygen atoms in total. The Balaban J connectivity index is 1.26. The zero-order valence-corrected chi connectivity index (χ0v) is 22.2. The van der Waals surface area contributed by atoms with Crippen LogP contribution in [0.5, 0.6) is 5.88 Å². The molecular formula is C27H31F2N9O2. The first-order chi connectivity index (χ1) is 19.4. The molecule has 0 saturated carbocycles. The second kappa shape index (κ2) is 10.8. The van der Waals surface area contributed by atoms with Crippen LogP contribution < -0.4 is 20.7 Å². The van der Waals surface area contributed by atoms with Gasteiger partial charge in [-0.2, -0.15) is 0 Å².